The highest BCUT2D eigenvalue weighted by Gasteiger charge is 2.13. The molecule has 2 nitrogen and oxygen atoms in total. The van der Waals surface area contributed by atoms with Crippen molar-refractivity contribution >= 4 is 5.91 Å². The van der Waals surface area contributed by atoms with Crippen LogP contribution in [0, 0.1) is 0 Å². The van der Waals surface area contributed by atoms with E-state index in [4.69, 9.17) is 0 Å². The van der Waals surface area contributed by atoms with E-state index in [-0.39, 0.29) is 11.4 Å². The topological polar surface area (TPSA) is 29.1 Å². The van der Waals surface area contributed by atoms with Gasteiger partial charge in [0.15, 0.2) is 0 Å². The highest BCUT2D eigenvalue weighted by molar-refractivity contribution is 5.79. The summed E-state index contributed by atoms with van der Waals surface area (Å²) in [5.74, 6) is 0.613. The van der Waals surface area contributed by atoms with Gasteiger partial charge in [0.2, 0.25) is 5.91 Å². The Morgan fingerprint density at radius 1 is 1.18 bits per heavy atom. The third-order valence-corrected chi connectivity index (χ3v) is 2.53. The largest absolute Gasteiger partial charge is 0.351 e. The minimum atomic E-state index is -0.158. The van der Waals surface area contributed by atoms with Gasteiger partial charge in [-0.15, -0.1) is 0 Å². The minimum absolute atomic E-state index is 0.0785. The number of benzene rings is 1. The lowest BCUT2D eigenvalue weighted by Gasteiger charge is -2.20. The molecule has 0 fully saturated rings. The average Bonchev–Trinajstić information content (AvgIpc) is 2.15. The SMILES string of the molecule is CC(C)c1ccc(CC(=O)NC(C)(C)C)cc1. The second-order valence-electron chi connectivity index (χ2n) is 5.87. The van der Waals surface area contributed by atoms with Crippen molar-refractivity contribution in [3.8, 4) is 0 Å². The number of rotatable bonds is 3. The highest BCUT2D eigenvalue weighted by atomic mass is 16.1. The van der Waals surface area contributed by atoms with Crippen molar-refractivity contribution in [3.05, 3.63) is 35.4 Å². The molecule has 1 N–H and O–H groups in total. The third-order valence-electron chi connectivity index (χ3n) is 2.53. The molecule has 0 saturated carbocycles. The monoisotopic (exact) mass is 233 g/mol. The number of hydrogen-bond donors (Lipinski definition) is 1. The first-order valence-electron chi connectivity index (χ1n) is 6.18. The van der Waals surface area contributed by atoms with Gasteiger partial charge in [-0.05, 0) is 37.8 Å². The summed E-state index contributed by atoms with van der Waals surface area (Å²) in [6, 6.07) is 8.28. The van der Waals surface area contributed by atoms with Crippen LogP contribution in [0.25, 0.3) is 0 Å². The molecule has 1 amide bonds. The summed E-state index contributed by atoms with van der Waals surface area (Å²) in [4.78, 5) is 11.7. The first kappa shape index (κ1) is 13.8. The maximum Gasteiger partial charge on any atom is 0.224 e. The molecule has 1 aromatic rings. The Kier molecular flexibility index (Phi) is 4.33. The Labute approximate surface area is 104 Å². The zero-order valence-electron chi connectivity index (χ0n) is 11.5. The van der Waals surface area contributed by atoms with Crippen LogP contribution < -0.4 is 5.32 Å². The van der Waals surface area contributed by atoms with Crippen LogP contribution in [0.3, 0.4) is 0 Å². The molecule has 0 aliphatic heterocycles. The van der Waals surface area contributed by atoms with Crippen molar-refractivity contribution in [1.29, 1.82) is 0 Å². The van der Waals surface area contributed by atoms with E-state index in [2.05, 4.69) is 31.3 Å². The van der Waals surface area contributed by atoms with E-state index in [0.717, 1.165) is 5.56 Å². The van der Waals surface area contributed by atoms with Crippen molar-refractivity contribution in [3.63, 3.8) is 0 Å². The fraction of sp³-hybridized carbons (Fsp3) is 0.533. The normalized spacial score (nSPS) is 11.6. The van der Waals surface area contributed by atoms with E-state index in [9.17, 15) is 4.79 Å². The zero-order valence-corrected chi connectivity index (χ0v) is 11.5. The summed E-state index contributed by atoms with van der Waals surface area (Å²) < 4.78 is 0. The summed E-state index contributed by atoms with van der Waals surface area (Å²) in [7, 11) is 0. The number of carbonyl (C=O) groups excluding carboxylic acids is 1. The van der Waals surface area contributed by atoms with Gasteiger partial charge in [0.25, 0.3) is 0 Å². The van der Waals surface area contributed by atoms with Crippen LogP contribution in [0.1, 0.15) is 51.7 Å². The van der Waals surface area contributed by atoms with Gasteiger partial charge in [0.05, 0.1) is 6.42 Å². The summed E-state index contributed by atoms with van der Waals surface area (Å²) in [6.45, 7) is 10.3. The molecule has 0 unspecified atom stereocenters. The lowest BCUT2D eigenvalue weighted by atomic mass is 10.0. The Balaban J connectivity index is 2.61. The quantitative estimate of drug-likeness (QED) is 0.853. The summed E-state index contributed by atoms with van der Waals surface area (Å²) >= 11 is 0. The maximum atomic E-state index is 11.7. The summed E-state index contributed by atoms with van der Waals surface area (Å²) in [6.07, 6.45) is 0.454. The van der Waals surface area contributed by atoms with Crippen LogP contribution in [0.5, 0.6) is 0 Å². The van der Waals surface area contributed by atoms with Crippen LogP contribution in [0.15, 0.2) is 24.3 Å². The average molecular weight is 233 g/mol. The minimum Gasteiger partial charge on any atom is -0.351 e. The van der Waals surface area contributed by atoms with Gasteiger partial charge in [-0.2, -0.15) is 0 Å². The standard InChI is InChI=1S/C15H23NO/c1-11(2)13-8-6-12(7-9-13)10-14(17)16-15(3,4)5/h6-9,11H,10H2,1-5H3,(H,16,17). The first-order valence-corrected chi connectivity index (χ1v) is 6.18. The lowest BCUT2D eigenvalue weighted by molar-refractivity contribution is -0.121. The summed E-state index contributed by atoms with van der Waals surface area (Å²) in [5, 5.41) is 2.97. The molecule has 0 aliphatic rings. The van der Waals surface area contributed by atoms with E-state index in [1.807, 2.05) is 32.9 Å². The van der Waals surface area contributed by atoms with Crippen LogP contribution in [0.2, 0.25) is 0 Å². The molecule has 0 spiro atoms. The van der Waals surface area contributed by atoms with Gasteiger partial charge >= 0.3 is 0 Å². The van der Waals surface area contributed by atoms with Crippen LogP contribution >= 0.6 is 0 Å². The molecule has 1 rings (SSSR count). The molecule has 0 aromatic heterocycles. The number of amides is 1. The lowest BCUT2D eigenvalue weighted by Crippen LogP contribution is -2.41. The molecule has 1 aromatic carbocycles. The predicted octanol–water partition coefficient (Wildman–Crippen LogP) is 3.27. The second-order valence-corrected chi connectivity index (χ2v) is 5.87. The zero-order chi connectivity index (χ0) is 13.1. The van der Waals surface area contributed by atoms with Gasteiger partial charge in [0.1, 0.15) is 0 Å². The van der Waals surface area contributed by atoms with Crippen molar-refractivity contribution in [1.82, 2.24) is 5.32 Å². The molecule has 0 aliphatic carbocycles. The van der Waals surface area contributed by atoms with Gasteiger partial charge in [0, 0.05) is 5.54 Å². The molecular formula is C15H23NO. The van der Waals surface area contributed by atoms with Crippen LogP contribution in [-0.4, -0.2) is 11.4 Å². The first-order chi connectivity index (χ1) is 7.78. The smallest absolute Gasteiger partial charge is 0.224 e. The number of hydrogen-bond acceptors (Lipinski definition) is 1. The fourth-order valence-electron chi connectivity index (χ4n) is 1.67. The molecule has 0 saturated heterocycles. The van der Waals surface area contributed by atoms with Crippen molar-refractivity contribution in [2.45, 2.75) is 52.5 Å². The molecule has 0 heterocycles. The Hall–Kier alpha value is -1.31. The van der Waals surface area contributed by atoms with Crippen molar-refractivity contribution in [2.24, 2.45) is 0 Å². The van der Waals surface area contributed by atoms with Crippen molar-refractivity contribution < 1.29 is 4.79 Å². The molecule has 94 valence electrons. The Morgan fingerprint density at radius 3 is 2.12 bits per heavy atom. The molecule has 0 bridgehead atoms. The molecule has 17 heavy (non-hydrogen) atoms. The van der Waals surface area contributed by atoms with Gasteiger partial charge in [-0.3, -0.25) is 4.79 Å². The van der Waals surface area contributed by atoms with Gasteiger partial charge in [-0.25, -0.2) is 0 Å². The van der Waals surface area contributed by atoms with Crippen LogP contribution in [-0.2, 0) is 11.2 Å². The van der Waals surface area contributed by atoms with E-state index < -0.39 is 0 Å². The second kappa shape index (κ2) is 5.35. The van der Waals surface area contributed by atoms with Crippen molar-refractivity contribution in [2.75, 3.05) is 0 Å². The van der Waals surface area contributed by atoms with E-state index in [1.165, 1.54) is 5.56 Å². The highest BCUT2D eigenvalue weighted by Crippen LogP contribution is 2.15. The fourth-order valence-corrected chi connectivity index (χ4v) is 1.67. The Bertz CT molecular complexity index is 371. The molecule has 0 radical (unpaired) electrons. The van der Waals surface area contributed by atoms with Crippen LogP contribution in [0.4, 0.5) is 0 Å². The third kappa shape index (κ3) is 5.03. The Morgan fingerprint density at radius 2 is 1.71 bits per heavy atom. The molecular weight excluding hydrogens is 210 g/mol. The van der Waals surface area contributed by atoms with Gasteiger partial charge in [-0.1, -0.05) is 38.1 Å². The maximum absolute atomic E-state index is 11.7. The summed E-state index contributed by atoms with van der Waals surface area (Å²) in [5.41, 5.74) is 2.22. The molecule has 0 atom stereocenters. The molecule has 2 heteroatoms. The van der Waals surface area contributed by atoms with E-state index in [0.29, 0.717) is 12.3 Å². The van der Waals surface area contributed by atoms with E-state index in [1.54, 1.807) is 0 Å². The van der Waals surface area contributed by atoms with Gasteiger partial charge < -0.3 is 5.32 Å². The predicted molar refractivity (Wildman–Crippen MR) is 72.1 cm³/mol. The van der Waals surface area contributed by atoms with E-state index >= 15 is 0 Å². The number of nitrogens with one attached hydrogen (secondary N) is 1. The number of carbonyl (C=O) groups is 1.